The van der Waals surface area contributed by atoms with E-state index in [9.17, 15) is 39.6 Å². The van der Waals surface area contributed by atoms with Crippen molar-refractivity contribution in [2.45, 2.75) is 0 Å². The number of carbonyl (C=O) groups excluding carboxylic acids is 4. The minimum atomic E-state index is -1.53. The van der Waals surface area contributed by atoms with E-state index in [-0.39, 0.29) is 111 Å². The molecule has 0 aliphatic carbocycles. The van der Waals surface area contributed by atoms with Crippen molar-refractivity contribution in [3.63, 3.8) is 0 Å². The first kappa shape index (κ1) is 50.6. The van der Waals surface area contributed by atoms with Crippen molar-refractivity contribution in [3.05, 3.63) is 0 Å². The Morgan fingerprint density at radius 3 is 0.778 bits per heavy atom. The van der Waals surface area contributed by atoms with Gasteiger partial charge in [-0.1, -0.05) is 0 Å². The Labute approximate surface area is 209 Å². The van der Waals surface area contributed by atoms with Gasteiger partial charge in [0.25, 0.3) is 0 Å². The van der Waals surface area contributed by atoms with Gasteiger partial charge in [0.05, 0.1) is 23.9 Å². The Kier molecular flexibility index (Phi) is 53.2. The van der Waals surface area contributed by atoms with E-state index in [1.54, 1.807) is 0 Å². The summed E-state index contributed by atoms with van der Waals surface area (Å²) in [6, 6.07) is 0. The standard InChI is InChI=1S/C10H16N2O8.Cu.2Na.4H2O/c13-7(14)3-11(4-8(15)16)1-2-12(5-9(17)18)6-10(19)20;;;;;;;/h1-6H2,(H,13,14)(H,15,16)(H,17,18)(H,19,20);;;;4*1H2/q;+2;2*+1;;;;/p-4. The fourth-order valence-corrected chi connectivity index (χ4v) is 1.44. The van der Waals surface area contributed by atoms with E-state index < -0.39 is 50.1 Å². The van der Waals surface area contributed by atoms with Gasteiger partial charge in [-0.25, -0.2) is 0 Å². The van der Waals surface area contributed by atoms with Crippen LogP contribution in [0.1, 0.15) is 0 Å². The van der Waals surface area contributed by atoms with Gasteiger partial charge in [-0.15, -0.1) is 0 Å². The molecule has 0 heterocycles. The van der Waals surface area contributed by atoms with Crippen LogP contribution in [0.25, 0.3) is 0 Å². The summed E-state index contributed by atoms with van der Waals surface area (Å²) in [5, 5.41) is 41.6. The van der Waals surface area contributed by atoms with Gasteiger partial charge in [0, 0.05) is 39.3 Å². The molecule has 0 saturated heterocycles. The van der Waals surface area contributed by atoms with Crippen LogP contribution in [-0.4, -0.2) is 94.9 Å². The second-order valence-electron chi connectivity index (χ2n) is 3.91. The van der Waals surface area contributed by atoms with Gasteiger partial charge in [-0.05, 0) is 0 Å². The largest absolute Gasteiger partial charge is 2.00 e. The topological polar surface area (TPSA) is 293 Å². The molecule has 0 aliphatic heterocycles. The van der Waals surface area contributed by atoms with Gasteiger partial charge in [-0.3, -0.25) is 9.80 Å². The van der Waals surface area contributed by atoms with E-state index in [0.29, 0.717) is 0 Å². The molecule has 0 fully saturated rings. The van der Waals surface area contributed by atoms with Gasteiger partial charge in [0.1, 0.15) is 0 Å². The summed E-state index contributed by atoms with van der Waals surface area (Å²) in [5.41, 5.74) is 0. The molecule has 0 aliphatic rings. The van der Waals surface area contributed by atoms with Crippen LogP contribution in [0.5, 0.6) is 0 Å². The Morgan fingerprint density at radius 1 is 0.519 bits per heavy atom. The molecule has 155 valence electrons. The number of aliphatic carboxylic acids is 4. The van der Waals surface area contributed by atoms with Gasteiger partial charge in [0.15, 0.2) is 0 Å². The van der Waals surface area contributed by atoms with Crippen molar-refractivity contribution in [2.75, 3.05) is 39.3 Å². The maximum absolute atomic E-state index is 10.4. The maximum Gasteiger partial charge on any atom is 2.00 e. The predicted molar refractivity (Wildman–Crippen MR) is 67.4 cm³/mol. The maximum atomic E-state index is 10.4. The average molecular weight is 470 g/mol. The van der Waals surface area contributed by atoms with Crippen molar-refractivity contribution >= 4 is 23.9 Å². The van der Waals surface area contributed by atoms with E-state index in [4.69, 9.17) is 0 Å². The molecule has 0 atom stereocenters. The van der Waals surface area contributed by atoms with Gasteiger partial charge in [-0.2, -0.15) is 0 Å². The molecule has 8 N–H and O–H groups in total. The molecule has 1 radical (unpaired) electrons. The predicted octanol–water partition coefficient (Wildman–Crippen LogP) is -16.7. The first-order valence-corrected chi connectivity index (χ1v) is 5.44. The molecule has 0 saturated carbocycles. The zero-order chi connectivity index (χ0) is 15.7. The first-order valence-electron chi connectivity index (χ1n) is 5.44. The van der Waals surface area contributed by atoms with Crippen molar-refractivity contribution in [1.82, 2.24) is 9.80 Å². The third-order valence-electron chi connectivity index (χ3n) is 2.14. The third-order valence-corrected chi connectivity index (χ3v) is 2.14. The van der Waals surface area contributed by atoms with E-state index in [2.05, 4.69) is 0 Å². The number of rotatable bonds is 11. The first-order chi connectivity index (χ1) is 9.20. The summed E-state index contributed by atoms with van der Waals surface area (Å²) in [6.07, 6.45) is 0. The Balaban J connectivity index is -0.0000000860. The SMILES string of the molecule is O.O.O.O.O=C([O-])CN(CCN(CC(=O)[O-])CC(=O)[O-])CC(=O)[O-].[Cu+2].[Na+].[Na+]. The van der Waals surface area contributed by atoms with Crippen molar-refractivity contribution < 1.29 is 138 Å². The van der Waals surface area contributed by atoms with Crippen molar-refractivity contribution in [3.8, 4) is 0 Å². The van der Waals surface area contributed by atoms with Crippen LogP contribution in [0.3, 0.4) is 0 Å². The molecule has 0 rings (SSSR count). The monoisotopic (exact) mass is 469 g/mol. The number of hydrogen-bond donors (Lipinski definition) is 0. The van der Waals surface area contributed by atoms with Crippen LogP contribution in [0, 0.1) is 0 Å². The minimum Gasteiger partial charge on any atom is -0.549 e. The number of hydrogen-bond acceptors (Lipinski definition) is 10. The Bertz CT molecular complexity index is 336. The molecule has 0 aromatic rings. The second-order valence-corrected chi connectivity index (χ2v) is 3.91. The normalized spacial score (nSPS) is 7.93. The summed E-state index contributed by atoms with van der Waals surface area (Å²) in [7, 11) is 0. The quantitative estimate of drug-likeness (QED) is 0.257. The van der Waals surface area contributed by atoms with E-state index in [1.165, 1.54) is 0 Å². The number of carboxylic acids is 4. The van der Waals surface area contributed by atoms with Crippen molar-refractivity contribution in [1.29, 1.82) is 0 Å². The molecule has 17 heteroatoms. The molecule has 14 nitrogen and oxygen atoms in total. The molecule has 0 aromatic carbocycles. The average Bonchev–Trinajstić information content (AvgIpc) is 2.22. The fourth-order valence-electron chi connectivity index (χ4n) is 1.44. The van der Waals surface area contributed by atoms with E-state index >= 15 is 0 Å². The van der Waals surface area contributed by atoms with Crippen LogP contribution in [0.4, 0.5) is 0 Å². The van der Waals surface area contributed by atoms with E-state index in [0.717, 1.165) is 9.80 Å². The smallest absolute Gasteiger partial charge is 0.549 e. The molecule has 0 spiro atoms. The fraction of sp³-hybridized carbons (Fsp3) is 0.600. The van der Waals surface area contributed by atoms with Crippen LogP contribution < -0.4 is 79.5 Å². The zero-order valence-electron chi connectivity index (χ0n) is 14.7. The molecule has 27 heavy (non-hydrogen) atoms. The van der Waals surface area contributed by atoms with Crippen LogP contribution in [0.15, 0.2) is 0 Å². The third kappa shape index (κ3) is 34.1. The summed E-state index contributed by atoms with van der Waals surface area (Å²) >= 11 is 0. The summed E-state index contributed by atoms with van der Waals surface area (Å²) in [6.45, 7) is -3.25. The van der Waals surface area contributed by atoms with Crippen LogP contribution >= 0.6 is 0 Å². The number of carboxylic acid groups (broad SMARTS) is 4. The van der Waals surface area contributed by atoms with Crippen molar-refractivity contribution in [2.24, 2.45) is 0 Å². The molecular weight excluding hydrogens is 450 g/mol. The summed E-state index contributed by atoms with van der Waals surface area (Å²) < 4.78 is 0. The second kappa shape index (κ2) is 28.4. The van der Waals surface area contributed by atoms with Gasteiger partial charge >= 0.3 is 76.2 Å². The number of nitrogens with zero attached hydrogens (tertiary/aromatic N) is 2. The Morgan fingerprint density at radius 2 is 0.667 bits per heavy atom. The summed E-state index contributed by atoms with van der Waals surface area (Å²) in [5.74, 6) is -6.12. The molecule has 0 bridgehead atoms. The minimum absolute atomic E-state index is 0. The zero-order valence-corrected chi connectivity index (χ0v) is 19.6. The number of carbonyl (C=O) groups is 4. The Hall–Kier alpha value is 0.159. The van der Waals surface area contributed by atoms with Gasteiger partial charge < -0.3 is 61.5 Å². The molecule has 0 amide bonds. The van der Waals surface area contributed by atoms with E-state index in [1.807, 2.05) is 0 Å². The van der Waals surface area contributed by atoms with Gasteiger partial charge in [0.2, 0.25) is 0 Å². The summed E-state index contributed by atoms with van der Waals surface area (Å²) in [4.78, 5) is 43.4. The molecular formula is C10H20CuN2Na2O12. The molecule has 0 unspecified atom stereocenters. The van der Waals surface area contributed by atoms with Crippen LogP contribution in [-0.2, 0) is 36.2 Å². The van der Waals surface area contributed by atoms with Crippen LogP contribution in [0.2, 0.25) is 0 Å². The molecule has 0 aromatic heterocycles.